The van der Waals surface area contributed by atoms with E-state index in [1.54, 1.807) is 17.2 Å². The molecule has 0 saturated carbocycles. The largest absolute Gasteiger partial charge is 0.357 e. The average Bonchev–Trinajstić information content (AvgIpc) is 2.14. The van der Waals surface area contributed by atoms with Crippen LogP contribution in [-0.2, 0) is 18.8 Å². The van der Waals surface area contributed by atoms with E-state index in [9.17, 15) is 9.00 Å². The quantitative estimate of drug-likeness (QED) is 0.573. The molecular weight excluding hydrogens is 283 g/mol. The Morgan fingerprint density at radius 3 is 2.75 bits per heavy atom. The lowest BCUT2D eigenvalue weighted by molar-refractivity contribution is -0.114. The summed E-state index contributed by atoms with van der Waals surface area (Å²) in [6.07, 6.45) is 4.44. The highest BCUT2D eigenvalue weighted by atomic mass is 32.2. The molecule has 1 heterocycles. The summed E-state index contributed by atoms with van der Waals surface area (Å²) in [5, 5.41) is 0. The SMILES string of the molecule is CS(C)(=O)=C1C(=O)CC[C@@H](COPP)N1P. The summed E-state index contributed by atoms with van der Waals surface area (Å²) in [5.74, 6) is -0.00503. The lowest BCUT2D eigenvalue weighted by Gasteiger charge is -2.33. The first-order valence-corrected chi connectivity index (χ1v) is 10.4. The standard InChI is InChI=1S/C8H18NO3P3S/c1-16(2,11)8-7(10)4-3-6(9(8)13)5-12-15-14/h6,15H,3-5,13-14H2,1-2H3/t6-/m0/s1. The smallest absolute Gasteiger partial charge is 0.182 e. The van der Waals surface area contributed by atoms with Crippen molar-refractivity contribution in [3.8, 4) is 0 Å². The van der Waals surface area contributed by atoms with Crippen LogP contribution in [-0.4, -0.2) is 44.8 Å². The maximum absolute atomic E-state index is 12.0. The predicted molar refractivity (Wildman–Crippen MR) is 78.6 cm³/mol. The Labute approximate surface area is 103 Å². The Morgan fingerprint density at radius 2 is 2.25 bits per heavy atom. The molecule has 4 atom stereocenters. The monoisotopic (exact) mass is 301 g/mol. The third-order valence-corrected chi connectivity index (χ3v) is 5.47. The van der Waals surface area contributed by atoms with Crippen LogP contribution in [0.3, 0.4) is 0 Å². The third kappa shape index (κ3) is 3.70. The van der Waals surface area contributed by atoms with Crippen LogP contribution in [0.25, 0.3) is 0 Å². The lowest BCUT2D eigenvalue weighted by Crippen LogP contribution is -2.47. The first kappa shape index (κ1) is 15.0. The molecule has 4 nitrogen and oxygen atoms in total. The molecule has 1 rings (SSSR count). The summed E-state index contributed by atoms with van der Waals surface area (Å²) in [4.78, 5) is 12.2. The summed E-state index contributed by atoms with van der Waals surface area (Å²) < 4.78 is 19.1. The molecule has 1 aliphatic rings. The van der Waals surface area contributed by atoms with Gasteiger partial charge in [-0.3, -0.25) is 9.00 Å². The Morgan fingerprint density at radius 1 is 1.62 bits per heavy atom. The molecule has 0 bridgehead atoms. The van der Waals surface area contributed by atoms with E-state index in [0.29, 0.717) is 26.5 Å². The molecule has 0 N–H and O–H groups in total. The molecule has 0 radical (unpaired) electrons. The number of nitrogens with zero attached hydrogens (tertiary/aromatic N) is 1. The minimum absolute atomic E-state index is 0.00503. The molecule has 8 heteroatoms. The molecule has 3 unspecified atom stereocenters. The Kier molecular flexibility index (Phi) is 5.78. The fourth-order valence-corrected chi connectivity index (χ4v) is 4.71. The van der Waals surface area contributed by atoms with Gasteiger partial charge in [0.1, 0.15) is 4.99 Å². The Bertz CT molecular complexity index is 384. The van der Waals surface area contributed by atoms with Gasteiger partial charge in [-0.1, -0.05) is 18.3 Å². The van der Waals surface area contributed by atoms with Crippen LogP contribution in [0.15, 0.2) is 0 Å². The maximum Gasteiger partial charge on any atom is 0.182 e. The average molecular weight is 301 g/mol. The van der Waals surface area contributed by atoms with Crippen LogP contribution in [0.4, 0.5) is 0 Å². The topological polar surface area (TPSA) is 46.6 Å². The van der Waals surface area contributed by atoms with E-state index in [0.717, 1.165) is 6.42 Å². The highest BCUT2D eigenvalue weighted by Gasteiger charge is 2.32. The van der Waals surface area contributed by atoms with E-state index >= 15 is 0 Å². The van der Waals surface area contributed by atoms with E-state index in [4.69, 9.17) is 4.52 Å². The highest BCUT2D eigenvalue weighted by molar-refractivity contribution is 8.02. The second-order valence-electron chi connectivity index (χ2n) is 3.99. The molecule has 16 heavy (non-hydrogen) atoms. The molecule has 0 aromatic heterocycles. The van der Waals surface area contributed by atoms with E-state index in [2.05, 4.69) is 18.3 Å². The van der Waals surface area contributed by atoms with Gasteiger partial charge in [0, 0.05) is 33.5 Å². The van der Waals surface area contributed by atoms with Crippen LogP contribution < -0.4 is 0 Å². The van der Waals surface area contributed by atoms with Gasteiger partial charge in [-0.05, 0) is 15.9 Å². The zero-order valence-electron chi connectivity index (χ0n) is 9.43. The number of Topliss-reactive ketones (excluding diaryl/α,β-unsaturated/α-hetero) is 1. The second kappa shape index (κ2) is 6.18. The zero-order valence-corrected chi connectivity index (χ0v) is 13.6. The fraction of sp³-hybridized carbons (Fsp3) is 0.750. The number of carbonyl (C=O) groups is 1. The molecule has 0 aromatic carbocycles. The van der Waals surface area contributed by atoms with E-state index < -0.39 is 9.52 Å². The van der Waals surface area contributed by atoms with Gasteiger partial charge in [-0.25, -0.2) is 4.67 Å². The lowest BCUT2D eigenvalue weighted by atomic mass is 10.0. The minimum atomic E-state index is -2.22. The van der Waals surface area contributed by atoms with Crippen molar-refractivity contribution in [1.82, 2.24) is 4.67 Å². The van der Waals surface area contributed by atoms with Crippen molar-refractivity contribution in [1.29, 1.82) is 0 Å². The van der Waals surface area contributed by atoms with Gasteiger partial charge in [0.05, 0.1) is 6.61 Å². The van der Waals surface area contributed by atoms with Crippen molar-refractivity contribution >= 4 is 47.1 Å². The summed E-state index contributed by atoms with van der Waals surface area (Å²) in [6, 6.07) is 0.131. The molecule has 0 spiro atoms. The van der Waals surface area contributed by atoms with Crippen molar-refractivity contribution in [2.75, 3.05) is 19.1 Å². The highest BCUT2D eigenvalue weighted by Crippen LogP contribution is 2.27. The normalized spacial score (nSPS) is 24.6. The van der Waals surface area contributed by atoms with Crippen LogP contribution in [0, 0.1) is 0 Å². The van der Waals surface area contributed by atoms with Gasteiger partial charge >= 0.3 is 0 Å². The van der Waals surface area contributed by atoms with E-state index in [1.807, 2.05) is 0 Å². The van der Waals surface area contributed by atoms with Crippen molar-refractivity contribution in [3.63, 3.8) is 0 Å². The third-order valence-electron chi connectivity index (χ3n) is 2.40. The molecule has 94 valence electrons. The summed E-state index contributed by atoms with van der Waals surface area (Å²) >= 11 is 0. The van der Waals surface area contributed by atoms with Crippen molar-refractivity contribution < 1.29 is 13.5 Å². The Balaban J connectivity index is 2.93. The molecule has 0 aliphatic carbocycles. The van der Waals surface area contributed by atoms with Crippen LogP contribution >= 0.6 is 26.8 Å². The minimum Gasteiger partial charge on any atom is -0.357 e. The number of rotatable bonds is 3. The van der Waals surface area contributed by atoms with Gasteiger partial charge in [0.25, 0.3) is 0 Å². The summed E-state index contributed by atoms with van der Waals surface area (Å²) in [6.45, 7) is 0.567. The van der Waals surface area contributed by atoms with Gasteiger partial charge < -0.3 is 4.52 Å². The van der Waals surface area contributed by atoms with Gasteiger partial charge in [0.15, 0.2) is 5.78 Å². The molecule has 1 saturated heterocycles. The number of carbonyl (C=O) groups excluding carboxylic acids is 1. The first-order valence-electron chi connectivity index (χ1n) is 4.83. The van der Waals surface area contributed by atoms with Gasteiger partial charge in [-0.15, -0.1) is 0 Å². The predicted octanol–water partition coefficient (Wildman–Crippen LogP) is 0.884. The van der Waals surface area contributed by atoms with Crippen LogP contribution in [0.2, 0.25) is 0 Å². The number of hydrogen-bond acceptors (Lipinski definition) is 3. The number of ketones is 1. The van der Waals surface area contributed by atoms with Crippen LogP contribution in [0.5, 0.6) is 0 Å². The van der Waals surface area contributed by atoms with Crippen molar-refractivity contribution in [2.24, 2.45) is 0 Å². The maximum atomic E-state index is 12.0. The number of piperidine rings is 1. The second-order valence-corrected chi connectivity index (χ2v) is 8.63. The van der Waals surface area contributed by atoms with E-state index in [-0.39, 0.29) is 11.8 Å². The molecular formula is C8H18NO3P3S. The zero-order chi connectivity index (χ0) is 12.3. The van der Waals surface area contributed by atoms with Crippen molar-refractivity contribution in [3.05, 3.63) is 0 Å². The number of hydrogen-bond donors (Lipinski definition) is 0. The van der Waals surface area contributed by atoms with Crippen molar-refractivity contribution in [2.45, 2.75) is 18.9 Å². The Hall–Kier alpha value is 0.900. The summed E-state index contributed by atoms with van der Waals surface area (Å²) in [7, 11) is 3.16. The van der Waals surface area contributed by atoms with E-state index in [1.165, 1.54) is 0 Å². The first-order chi connectivity index (χ1) is 7.38. The fourth-order valence-electron chi connectivity index (χ4n) is 1.69. The summed E-state index contributed by atoms with van der Waals surface area (Å²) in [5.41, 5.74) is 0. The van der Waals surface area contributed by atoms with Crippen LogP contribution in [0.1, 0.15) is 12.8 Å². The van der Waals surface area contributed by atoms with Gasteiger partial charge in [-0.2, -0.15) is 0 Å². The molecule has 1 fully saturated rings. The molecule has 1 aliphatic heterocycles. The molecule has 0 aromatic rings. The van der Waals surface area contributed by atoms with Gasteiger partial charge in [0.2, 0.25) is 0 Å². The molecule has 0 amide bonds.